The number of nitrogens with one attached hydrogen (secondary N) is 1. The lowest BCUT2D eigenvalue weighted by atomic mass is 9.99. The van der Waals surface area contributed by atoms with Gasteiger partial charge in [0, 0.05) is 13.0 Å². The number of nitriles is 1. The Morgan fingerprint density at radius 1 is 1.21 bits per heavy atom. The fourth-order valence-electron chi connectivity index (χ4n) is 3.41. The van der Waals surface area contributed by atoms with Crippen LogP contribution in [-0.4, -0.2) is 25.2 Å². The minimum Gasteiger partial charge on any atom is -0.450 e. The van der Waals surface area contributed by atoms with Crippen molar-refractivity contribution in [2.24, 2.45) is 0 Å². The van der Waals surface area contributed by atoms with Crippen LogP contribution in [0.3, 0.4) is 0 Å². The number of carbonyl (C=O) groups is 2. The summed E-state index contributed by atoms with van der Waals surface area (Å²) in [6.07, 6.45) is 2.19. The van der Waals surface area contributed by atoms with Crippen molar-refractivity contribution < 1.29 is 14.3 Å². The fourth-order valence-corrected chi connectivity index (χ4v) is 3.41. The van der Waals surface area contributed by atoms with Crippen LogP contribution in [0.25, 0.3) is 0 Å². The number of amides is 2. The maximum atomic E-state index is 13.0. The van der Waals surface area contributed by atoms with Crippen LogP contribution in [0.1, 0.15) is 36.5 Å². The van der Waals surface area contributed by atoms with Gasteiger partial charge in [-0.05, 0) is 55.5 Å². The summed E-state index contributed by atoms with van der Waals surface area (Å²) >= 11 is 0. The first-order valence-electron chi connectivity index (χ1n) is 9.47. The van der Waals surface area contributed by atoms with Crippen molar-refractivity contribution in [2.75, 3.05) is 23.4 Å². The summed E-state index contributed by atoms with van der Waals surface area (Å²) in [4.78, 5) is 26.6. The Morgan fingerprint density at radius 3 is 2.71 bits per heavy atom. The van der Waals surface area contributed by atoms with E-state index in [0.29, 0.717) is 30.6 Å². The smallest absolute Gasteiger partial charge is 0.411 e. The zero-order chi connectivity index (χ0) is 19.9. The molecule has 0 spiro atoms. The van der Waals surface area contributed by atoms with Crippen molar-refractivity contribution in [3.63, 3.8) is 0 Å². The van der Waals surface area contributed by atoms with Gasteiger partial charge in [-0.1, -0.05) is 24.3 Å². The molecule has 2 amide bonds. The number of nitrogens with zero attached hydrogens (tertiary/aromatic N) is 2. The summed E-state index contributed by atoms with van der Waals surface area (Å²) in [6.45, 7) is 2.66. The lowest BCUT2D eigenvalue weighted by molar-refractivity contribution is -0.118. The Labute approximate surface area is 164 Å². The Hall–Kier alpha value is -3.33. The van der Waals surface area contributed by atoms with Gasteiger partial charge in [0.1, 0.15) is 0 Å². The number of hydrogen-bond donors (Lipinski definition) is 1. The van der Waals surface area contributed by atoms with E-state index in [1.165, 1.54) is 0 Å². The fraction of sp³-hybridized carbons (Fsp3) is 0.318. The molecule has 0 saturated carbocycles. The largest absolute Gasteiger partial charge is 0.450 e. The van der Waals surface area contributed by atoms with E-state index in [0.717, 1.165) is 29.7 Å². The molecule has 0 saturated heterocycles. The summed E-state index contributed by atoms with van der Waals surface area (Å²) in [7, 11) is 0. The summed E-state index contributed by atoms with van der Waals surface area (Å²) in [6, 6.07) is 15.0. The van der Waals surface area contributed by atoms with Gasteiger partial charge in [-0.25, -0.2) is 4.79 Å². The highest BCUT2D eigenvalue weighted by Crippen LogP contribution is 2.35. The highest BCUT2D eigenvalue weighted by atomic mass is 16.5. The molecular weight excluding hydrogens is 354 g/mol. The van der Waals surface area contributed by atoms with Crippen molar-refractivity contribution in [3.05, 3.63) is 59.2 Å². The van der Waals surface area contributed by atoms with E-state index in [9.17, 15) is 9.59 Å². The molecule has 0 bridgehead atoms. The van der Waals surface area contributed by atoms with Crippen LogP contribution in [0, 0.1) is 11.3 Å². The van der Waals surface area contributed by atoms with E-state index >= 15 is 0 Å². The standard InChI is InChI=1S/C22H23N3O3/c1-2-28-22(27)24-19-7-3-5-18-6-4-14-25(21(18)19)20(26)13-12-16-8-10-17(15-23)11-9-16/h3,5,7-11H,2,4,6,12-14H2,1H3,(H,24,27). The Kier molecular flexibility index (Phi) is 6.28. The van der Waals surface area contributed by atoms with E-state index in [2.05, 4.69) is 11.4 Å². The van der Waals surface area contributed by atoms with Crippen molar-refractivity contribution in [3.8, 4) is 6.07 Å². The number of carbonyl (C=O) groups excluding carboxylic acids is 2. The molecule has 0 atom stereocenters. The number of aryl methyl sites for hydroxylation is 2. The quantitative estimate of drug-likeness (QED) is 0.852. The third-order valence-electron chi connectivity index (χ3n) is 4.74. The van der Waals surface area contributed by atoms with E-state index < -0.39 is 6.09 Å². The minimum atomic E-state index is -0.522. The average molecular weight is 377 g/mol. The van der Waals surface area contributed by atoms with Gasteiger partial charge in [-0.15, -0.1) is 0 Å². The molecule has 1 N–H and O–H groups in total. The van der Waals surface area contributed by atoms with Crippen LogP contribution < -0.4 is 10.2 Å². The number of benzene rings is 2. The predicted octanol–water partition coefficient (Wildman–Crippen LogP) is 4.04. The molecule has 144 valence electrons. The zero-order valence-corrected chi connectivity index (χ0v) is 15.9. The summed E-state index contributed by atoms with van der Waals surface area (Å²) < 4.78 is 4.98. The maximum Gasteiger partial charge on any atom is 0.411 e. The summed E-state index contributed by atoms with van der Waals surface area (Å²) in [5.41, 5.74) is 4.04. The third-order valence-corrected chi connectivity index (χ3v) is 4.74. The first-order chi connectivity index (χ1) is 13.6. The Bertz CT molecular complexity index is 900. The number of ether oxygens (including phenoxy) is 1. The SMILES string of the molecule is CCOC(=O)Nc1cccc2c1N(C(=O)CCc1ccc(C#N)cc1)CCC2. The van der Waals surface area contributed by atoms with Crippen LogP contribution >= 0.6 is 0 Å². The molecule has 0 fully saturated rings. The van der Waals surface area contributed by atoms with Gasteiger partial charge in [0.25, 0.3) is 0 Å². The van der Waals surface area contributed by atoms with Crippen molar-refractivity contribution in [1.29, 1.82) is 5.26 Å². The molecule has 1 aliphatic rings. The van der Waals surface area contributed by atoms with Gasteiger partial charge in [0.2, 0.25) is 5.91 Å². The molecule has 6 heteroatoms. The molecule has 2 aromatic carbocycles. The van der Waals surface area contributed by atoms with Gasteiger partial charge in [0.05, 0.1) is 29.6 Å². The summed E-state index contributed by atoms with van der Waals surface area (Å²) in [5.74, 6) is 0.0171. The highest BCUT2D eigenvalue weighted by Gasteiger charge is 2.25. The second-order valence-electron chi connectivity index (χ2n) is 6.62. The monoisotopic (exact) mass is 377 g/mol. The Morgan fingerprint density at radius 2 is 2.00 bits per heavy atom. The van der Waals surface area contributed by atoms with E-state index in [-0.39, 0.29) is 12.5 Å². The highest BCUT2D eigenvalue weighted by molar-refractivity contribution is 6.01. The van der Waals surface area contributed by atoms with Gasteiger partial charge < -0.3 is 9.64 Å². The number of para-hydroxylation sites is 1. The third kappa shape index (κ3) is 4.49. The van der Waals surface area contributed by atoms with Crippen LogP contribution in [-0.2, 0) is 22.4 Å². The molecule has 3 rings (SSSR count). The molecule has 0 aromatic heterocycles. The van der Waals surface area contributed by atoms with Gasteiger partial charge in [-0.2, -0.15) is 5.26 Å². The molecule has 0 unspecified atom stereocenters. The molecule has 1 heterocycles. The minimum absolute atomic E-state index is 0.0171. The topological polar surface area (TPSA) is 82.4 Å². The van der Waals surface area contributed by atoms with Crippen molar-refractivity contribution in [2.45, 2.75) is 32.6 Å². The zero-order valence-electron chi connectivity index (χ0n) is 15.9. The molecule has 0 radical (unpaired) electrons. The number of rotatable bonds is 5. The molecule has 0 aliphatic carbocycles. The molecule has 28 heavy (non-hydrogen) atoms. The van der Waals surface area contributed by atoms with Gasteiger partial charge >= 0.3 is 6.09 Å². The molecule has 6 nitrogen and oxygen atoms in total. The second-order valence-corrected chi connectivity index (χ2v) is 6.62. The van der Waals surface area contributed by atoms with Crippen molar-refractivity contribution >= 4 is 23.4 Å². The van der Waals surface area contributed by atoms with Gasteiger partial charge in [-0.3, -0.25) is 10.1 Å². The van der Waals surface area contributed by atoms with Crippen LogP contribution in [0.15, 0.2) is 42.5 Å². The predicted molar refractivity (Wildman–Crippen MR) is 107 cm³/mol. The maximum absolute atomic E-state index is 13.0. The molecule has 2 aromatic rings. The van der Waals surface area contributed by atoms with Gasteiger partial charge in [0.15, 0.2) is 0 Å². The number of fused-ring (bicyclic) bond motifs is 1. The number of hydrogen-bond acceptors (Lipinski definition) is 4. The lowest BCUT2D eigenvalue weighted by Crippen LogP contribution is -2.36. The first kappa shape index (κ1) is 19.4. The lowest BCUT2D eigenvalue weighted by Gasteiger charge is -2.31. The van der Waals surface area contributed by atoms with Crippen LogP contribution in [0.2, 0.25) is 0 Å². The van der Waals surface area contributed by atoms with E-state index in [4.69, 9.17) is 10.00 Å². The van der Waals surface area contributed by atoms with E-state index in [1.807, 2.05) is 24.3 Å². The normalized spacial score (nSPS) is 12.6. The number of anilines is 2. The molecule has 1 aliphatic heterocycles. The summed E-state index contributed by atoms with van der Waals surface area (Å²) in [5, 5.41) is 11.6. The van der Waals surface area contributed by atoms with Crippen molar-refractivity contribution in [1.82, 2.24) is 0 Å². The van der Waals surface area contributed by atoms with Crippen LogP contribution in [0.4, 0.5) is 16.2 Å². The second kappa shape index (κ2) is 9.05. The first-order valence-corrected chi connectivity index (χ1v) is 9.47. The average Bonchev–Trinajstić information content (AvgIpc) is 2.72. The van der Waals surface area contributed by atoms with E-state index in [1.54, 1.807) is 30.0 Å². The Balaban J connectivity index is 1.75. The molecular formula is C22H23N3O3. The van der Waals surface area contributed by atoms with Crippen LogP contribution in [0.5, 0.6) is 0 Å².